The molecule has 13 nitrogen and oxygen atoms in total. The van der Waals surface area contributed by atoms with Gasteiger partial charge in [-0.25, -0.2) is 0 Å². The van der Waals surface area contributed by atoms with E-state index >= 15 is 0 Å². The molecule has 3 aliphatic rings. The minimum atomic E-state index is -1.11. The van der Waals surface area contributed by atoms with E-state index < -0.39 is 52.6 Å². The highest BCUT2D eigenvalue weighted by Gasteiger charge is 2.56. The van der Waals surface area contributed by atoms with E-state index in [1.54, 1.807) is 12.1 Å². The Morgan fingerprint density at radius 2 is 1.71 bits per heavy atom. The van der Waals surface area contributed by atoms with Gasteiger partial charge in [-0.05, 0) is 36.7 Å². The van der Waals surface area contributed by atoms with Crippen LogP contribution >= 0.6 is 11.6 Å². The Hall–Kier alpha value is -3.87. The summed E-state index contributed by atoms with van der Waals surface area (Å²) in [6.45, 7) is 7.43. The zero-order valence-electron chi connectivity index (χ0n) is 31.0. The topological polar surface area (TPSA) is 165 Å². The molecule has 14 heteroatoms. The molecular weight excluding hydrogens is 678 g/mol. The molecule has 282 valence electrons. The monoisotopic (exact) mass is 731 g/mol. The fourth-order valence-electron chi connectivity index (χ4n) is 7.33. The SMILES string of the molecule is CCC[C@H](NC(=O)[C@@H]1C[C@]2(CC(c3cc(Cl)c(OC)cc3OC)=NO2)CN1C(=O)[C@@H](NC(=O)CC1CCCCCC1)C(C)(C)C)C(=O)C(=O)NC. The number of carbonyl (C=O) groups is 5. The van der Waals surface area contributed by atoms with Crippen molar-refractivity contribution in [2.45, 2.75) is 122 Å². The van der Waals surface area contributed by atoms with E-state index in [4.69, 9.17) is 25.9 Å². The molecule has 1 saturated carbocycles. The molecule has 0 radical (unpaired) electrons. The second-order valence-electron chi connectivity index (χ2n) is 15.1. The first kappa shape index (κ1) is 39.9. The molecule has 0 aromatic heterocycles. The average Bonchev–Trinajstić information content (AvgIpc) is 3.59. The Kier molecular flexibility index (Phi) is 13.4. The fraction of sp³-hybridized carbons (Fsp3) is 0.676. The van der Waals surface area contributed by atoms with Crippen molar-refractivity contribution in [3.8, 4) is 11.5 Å². The molecule has 51 heavy (non-hydrogen) atoms. The first-order valence-electron chi connectivity index (χ1n) is 18.0. The third-order valence-corrected chi connectivity index (χ3v) is 10.4. The van der Waals surface area contributed by atoms with Gasteiger partial charge in [0.05, 0.1) is 37.5 Å². The fourth-order valence-corrected chi connectivity index (χ4v) is 7.57. The first-order valence-corrected chi connectivity index (χ1v) is 18.4. The van der Waals surface area contributed by atoms with Crippen LogP contribution in [-0.2, 0) is 28.8 Å². The molecule has 4 amide bonds. The molecule has 1 saturated heterocycles. The molecule has 1 aromatic rings. The van der Waals surface area contributed by atoms with Crippen molar-refractivity contribution in [1.82, 2.24) is 20.9 Å². The Balaban J connectivity index is 1.65. The summed E-state index contributed by atoms with van der Waals surface area (Å²) in [5.74, 6) is -1.71. The van der Waals surface area contributed by atoms with E-state index in [0.717, 1.165) is 25.7 Å². The number of halogens is 1. The number of ketones is 1. The highest BCUT2D eigenvalue weighted by molar-refractivity contribution is 6.38. The molecule has 1 spiro atoms. The minimum Gasteiger partial charge on any atom is -0.496 e. The van der Waals surface area contributed by atoms with Crippen molar-refractivity contribution in [3.63, 3.8) is 0 Å². The minimum absolute atomic E-state index is 0.0178. The summed E-state index contributed by atoms with van der Waals surface area (Å²) in [6.07, 6.45) is 7.82. The number of nitrogens with zero attached hydrogens (tertiary/aromatic N) is 2. The Morgan fingerprint density at radius 1 is 1.04 bits per heavy atom. The molecule has 0 bridgehead atoms. The number of rotatable bonds is 13. The smallest absolute Gasteiger partial charge is 0.289 e. The maximum Gasteiger partial charge on any atom is 0.289 e. The zero-order chi connectivity index (χ0) is 37.5. The van der Waals surface area contributed by atoms with Crippen LogP contribution < -0.4 is 25.4 Å². The Bertz CT molecular complexity index is 1500. The number of carbonyl (C=O) groups excluding carboxylic acids is 5. The molecular formula is C37H54ClN5O8. The summed E-state index contributed by atoms with van der Waals surface area (Å²) < 4.78 is 10.9. The third kappa shape index (κ3) is 9.52. The number of benzene rings is 1. The Labute approximate surface area is 305 Å². The summed E-state index contributed by atoms with van der Waals surface area (Å²) in [5, 5.41) is 12.8. The van der Waals surface area contributed by atoms with Crippen LogP contribution in [0.1, 0.15) is 104 Å². The second kappa shape index (κ2) is 17.1. The maximum atomic E-state index is 14.7. The molecule has 4 rings (SSSR count). The van der Waals surface area contributed by atoms with Gasteiger partial charge in [-0.1, -0.05) is 76.6 Å². The van der Waals surface area contributed by atoms with Crippen LogP contribution in [0.4, 0.5) is 0 Å². The molecule has 2 aliphatic heterocycles. The second-order valence-corrected chi connectivity index (χ2v) is 15.5. The maximum absolute atomic E-state index is 14.7. The highest BCUT2D eigenvalue weighted by Crippen LogP contribution is 2.42. The first-order chi connectivity index (χ1) is 24.2. The lowest BCUT2D eigenvalue weighted by Gasteiger charge is -2.36. The third-order valence-electron chi connectivity index (χ3n) is 10.1. The van der Waals surface area contributed by atoms with Gasteiger partial charge in [0.25, 0.3) is 5.91 Å². The number of Topliss-reactive ketones (excluding diaryl/α,β-unsaturated/α-hetero) is 1. The van der Waals surface area contributed by atoms with Gasteiger partial charge in [0.1, 0.15) is 23.6 Å². The van der Waals surface area contributed by atoms with Crippen molar-refractivity contribution >= 4 is 46.7 Å². The quantitative estimate of drug-likeness (QED) is 0.200. The normalized spacial score (nSPS) is 21.9. The lowest BCUT2D eigenvalue weighted by molar-refractivity contribution is -0.145. The average molecular weight is 732 g/mol. The van der Waals surface area contributed by atoms with Crippen LogP contribution in [0.25, 0.3) is 0 Å². The van der Waals surface area contributed by atoms with Crippen LogP contribution in [0.2, 0.25) is 5.02 Å². The number of hydrogen-bond acceptors (Lipinski definition) is 9. The van der Waals surface area contributed by atoms with Gasteiger partial charge < -0.3 is 35.2 Å². The number of methoxy groups -OCH3 is 2. The van der Waals surface area contributed by atoms with Crippen molar-refractivity contribution in [3.05, 3.63) is 22.7 Å². The van der Waals surface area contributed by atoms with Gasteiger partial charge in [0.15, 0.2) is 5.60 Å². The predicted octanol–water partition coefficient (Wildman–Crippen LogP) is 4.31. The largest absolute Gasteiger partial charge is 0.496 e. The Morgan fingerprint density at radius 3 is 2.29 bits per heavy atom. The number of likely N-dealkylation sites (N-methyl/N-ethyl adjacent to an activating group) is 1. The lowest BCUT2D eigenvalue weighted by atomic mass is 9.85. The zero-order valence-corrected chi connectivity index (χ0v) is 31.7. The van der Waals surface area contributed by atoms with Gasteiger partial charge in [-0.2, -0.15) is 0 Å². The van der Waals surface area contributed by atoms with Crippen LogP contribution in [0, 0.1) is 11.3 Å². The number of hydrogen-bond donors (Lipinski definition) is 3. The molecule has 1 aromatic carbocycles. The van der Waals surface area contributed by atoms with E-state index in [1.807, 2.05) is 27.7 Å². The van der Waals surface area contributed by atoms with Gasteiger partial charge in [-0.3, -0.25) is 24.0 Å². The summed E-state index contributed by atoms with van der Waals surface area (Å²) in [6, 6.07) is 0.184. The van der Waals surface area contributed by atoms with E-state index in [2.05, 4.69) is 21.1 Å². The van der Waals surface area contributed by atoms with Gasteiger partial charge >= 0.3 is 0 Å². The van der Waals surface area contributed by atoms with Crippen LogP contribution in [0.15, 0.2) is 17.3 Å². The molecule has 3 N–H and O–H groups in total. The van der Waals surface area contributed by atoms with Gasteiger partial charge in [-0.15, -0.1) is 0 Å². The van der Waals surface area contributed by atoms with Crippen LogP contribution in [-0.4, -0.2) is 91.6 Å². The summed E-state index contributed by atoms with van der Waals surface area (Å²) >= 11 is 6.47. The van der Waals surface area contributed by atoms with Crippen LogP contribution in [0.5, 0.6) is 11.5 Å². The number of likely N-dealkylation sites (tertiary alicyclic amines) is 1. The van der Waals surface area contributed by atoms with Crippen molar-refractivity contribution in [2.75, 3.05) is 27.8 Å². The molecule has 0 unspecified atom stereocenters. The van der Waals surface area contributed by atoms with Crippen LogP contribution in [0.3, 0.4) is 0 Å². The predicted molar refractivity (Wildman–Crippen MR) is 193 cm³/mol. The summed E-state index contributed by atoms with van der Waals surface area (Å²) in [7, 11) is 4.36. The number of ether oxygens (including phenoxy) is 2. The summed E-state index contributed by atoms with van der Waals surface area (Å²) in [5.41, 5.74) is -0.739. The van der Waals surface area contributed by atoms with E-state index in [-0.39, 0.29) is 37.6 Å². The van der Waals surface area contributed by atoms with E-state index in [0.29, 0.717) is 40.6 Å². The number of nitrogens with one attached hydrogen (secondary N) is 3. The molecule has 2 heterocycles. The summed E-state index contributed by atoms with van der Waals surface area (Å²) in [4.78, 5) is 75.0. The number of amides is 4. The van der Waals surface area contributed by atoms with Gasteiger partial charge in [0, 0.05) is 37.9 Å². The lowest BCUT2D eigenvalue weighted by Crippen LogP contribution is -2.59. The molecule has 1 aliphatic carbocycles. The number of oxime groups is 1. The molecule has 2 fully saturated rings. The van der Waals surface area contributed by atoms with Crippen molar-refractivity contribution in [1.29, 1.82) is 0 Å². The molecule has 4 atom stereocenters. The highest BCUT2D eigenvalue weighted by atomic mass is 35.5. The van der Waals surface area contributed by atoms with Crippen molar-refractivity contribution in [2.24, 2.45) is 16.5 Å². The van der Waals surface area contributed by atoms with Crippen molar-refractivity contribution < 1.29 is 38.3 Å². The standard InChI is InChI=1S/C37H54ClN5O8/c1-8-13-25(31(45)34(47)39-5)40-33(46)27-20-37(19-26(42-51-37)23-17-24(38)29(50-7)18-28(23)49-6)21-43(27)35(48)32(36(2,3)4)41-30(44)16-22-14-11-9-10-12-15-22/h17-18,22,25,27,32H,8-16,19-21H2,1-7H3,(H,39,47)(H,40,46)(H,41,44)/t25-,27-,32+,37+/m0/s1. The van der Waals surface area contributed by atoms with E-state index in [1.165, 1.54) is 39.0 Å². The van der Waals surface area contributed by atoms with E-state index in [9.17, 15) is 24.0 Å². The van der Waals surface area contributed by atoms with Gasteiger partial charge in [0.2, 0.25) is 23.5 Å².